The van der Waals surface area contributed by atoms with Gasteiger partial charge in [-0.3, -0.25) is 19.7 Å². The predicted molar refractivity (Wildman–Crippen MR) is 95.8 cm³/mol. The van der Waals surface area contributed by atoms with Crippen LogP contribution in [-0.4, -0.2) is 39.9 Å². The molecule has 7 heteroatoms. The van der Waals surface area contributed by atoms with Crippen molar-refractivity contribution in [3.63, 3.8) is 0 Å². The Morgan fingerprint density at radius 3 is 2.35 bits per heavy atom. The predicted octanol–water partition coefficient (Wildman–Crippen LogP) is 2.68. The number of hydrogen-bond acceptors (Lipinski definition) is 4. The van der Waals surface area contributed by atoms with Gasteiger partial charge in [0.15, 0.2) is 0 Å². The molecule has 1 N–H and O–H groups in total. The van der Waals surface area contributed by atoms with Gasteiger partial charge in [-0.1, -0.05) is 42.5 Å². The monoisotopic (exact) mass is 356 g/mol. The molecule has 0 saturated heterocycles. The van der Waals surface area contributed by atoms with Crippen molar-refractivity contribution < 1.29 is 19.6 Å². The number of nitro groups is 1. The molecule has 0 aliphatic rings. The van der Waals surface area contributed by atoms with Crippen LogP contribution in [0.4, 0.5) is 5.69 Å². The normalized spacial score (nSPS) is 10.3. The van der Waals surface area contributed by atoms with Crippen LogP contribution in [0.3, 0.4) is 0 Å². The van der Waals surface area contributed by atoms with E-state index in [2.05, 4.69) is 0 Å². The van der Waals surface area contributed by atoms with Crippen LogP contribution in [0.1, 0.15) is 17.5 Å². The maximum atomic E-state index is 12.4. The highest BCUT2D eigenvalue weighted by molar-refractivity contribution is 5.81. The number of carboxylic acids is 1. The Bertz CT molecular complexity index is 777. The second kappa shape index (κ2) is 9.31. The van der Waals surface area contributed by atoms with Crippen LogP contribution < -0.4 is 0 Å². The summed E-state index contributed by atoms with van der Waals surface area (Å²) in [6, 6.07) is 15.6. The van der Waals surface area contributed by atoms with Gasteiger partial charge in [-0.2, -0.15) is 0 Å². The van der Waals surface area contributed by atoms with E-state index in [9.17, 15) is 19.7 Å². The van der Waals surface area contributed by atoms with Crippen LogP contribution in [0.25, 0.3) is 0 Å². The lowest BCUT2D eigenvalue weighted by atomic mass is 10.1. The van der Waals surface area contributed by atoms with Gasteiger partial charge in [0, 0.05) is 25.1 Å². The molecular formula is C19H20N2O5. The number of hydrogen-bond donors (Lipinski definition) is 1. The van der Waals surface area contributed by atoms with Gasteiger partial charge < -0.3 is 10.0 Å². The molecule has 0 aliphatic heterocycles. The molecule has 0 bridgehead atoms. The Balaban J connectivity index is 1.96. The van der Waals surface area contributed by atoms with Crippen LogP contribution in [0, 0.1) is 10.1 Å². The lowest BCUT2D eigenvalue weighted by Crippen LogP contribution is -2.37. The van der Waals surface area contributed by atoms with Crippen molar-refractivity contribution >= 4 is 17.6 Å². The SMILES string of the molecule is O=C(O)CN(CCc1ccccc1)C(=O)CCc1cccc([N+](=O)[O-])c1. The zero-order chi connectivity index (χ0) is 18.9. The minimum absolute atomic E-state index is 0.0265. The molecular weight excluding hydrogens is 336 g/mol. The number of non-ortho nitro benzene ring substituents is 1. The maximum Gasteiger partial charge on any atom is 0.323 e. The van der Waals surface area contributed by atoms with Crippen molar-refractivity contribution in [2.75, 3.05) is 13.1 Å². The fourth-order valence-corrected chi connectivity index (χ4v) is 2.60. The minimum atomic E-state index is -1.07. The summed E-state index contributed by atoms with van der Waals surface area (Å²) in [7, 11) is 0. The quantitative estimate of drug-likeness (QED) is 0.550. The van der Waals surface area contributed by atoms with Crippen molar-refractivity contribution in [1.82, 2.24) is 4.90 Å². The van der Waals surface area contributed by atoms with E-state index in [1.807, 2.05) is 30.3 Å². The van der Waals surface area contributed by atoms with Crippen LogP contribution in [0.5, 0.6) is 0 Å². The Morgan fingerprint density at radius 1 is 1.00 bits per heavy atom. The number of nitro benzene ring substituents is 1. The topological polar surface area (TPSA) is 101 Å². The first-order valence-electron chi connectivity index (χ1n) is 8.22. The summed E-state index contributed by atoms with van der Waals surface area (Å²) in [5.41, 5.74) is 1.67. The molecule has 0 heterocycles. The van der Waals surface area contributed by atoms with E-state index in [0.29, 0.717) is 24.9 Å². The van der Waals surface area contributed by atoms with E-state index >= 15 is 0 Å². The van der Waals surface area contributed by atoms with E-state index < -0.39 is 10.9 Å². The summed E-state index contributed by atoms with van der Waals surface area (Å²) in [4.78, 5) is 35.1. The standard InChI is InChI=1S/C19H20N2O5/c22-18(10-9-16-7-4-8-17(13-16)21(25)26)20(14-19(23)24)12-11-15-5-2-1-3-6-15/h1-8,13H,9-12,14H2,(H,23,24). The molecule has 0 spiro atoms. The molecule has 136 valence electrons. The van der Waals surface area contributed by atoms with Crippen LogP contribution in [0.2, 0.25) is 0 Å². The van der Waals surface area contributed by atoms with Crippen molar-refractivity contribution in [1.29, 1.82) is 0 Å². The third kappa shape index (κ3) is 6.01. The summed E-state index contributed by atoms with van der Waals surface area (Å²) in [6.07, 6.45) is 0.988. The van der Waals surface area contributed by atoms with Crippen molar-refractivity contribution in [2.24, 2.45) is 0 Å². The smallest absolute Gasteiger partial charge is 0.323 e. The Hall–Kier alpha value is -3.22. The van der Waals surface area contributed by atoms with E-state index in [0.717, 1.165) is 5.56 Å². The molecule has 0 unspecified atom stereocenters. The average Bonchev–Trinajstić information content (AvgIpc) is 2.64. The molecule has 0 atom stereocenters. The number of benzene rings is 2. The maximum absolute atomic E-state index is 12.4. The number of aryl methyl sites for hydroxylation is 1. The second-order valence-electron chi connectivity index (χ2n) is 5.87. The van der Waals surface area contributed by atoms with Gasteiger partial charge in [0.05, 0.1) is 4.92 Å². The van der Waals surface area contributed by atoms with Crippen molar-refractivity contribution in [2.45, 2.75) is 19.3 Å². The Labute approximate surface area is 151 Å². The highest BCUT2D eigenvalue weighted by Gasteiger charge is 2.17. The second-order valence-corrected chi connectivity index (χ2v) is 5.87. The largest absolute Gasteiger partial charge is 0.480 e. The first-order chi connectivity index (χ1) is 12.5. The third-order valence-corrected chi connectivity index (χ3v) is 3.94. The number of carboxylic acid groups (broad SMARTS) is 1. The molecule has 0 aromatic heterocycles. The van der Waals surface area contributed by atoms with Crippen molar-refractivity contribution in [3.05, 3.63) is 75.8 Å². The fourth-order valence-electron chi connectivity index (χ4n) is 2.60. The third-order valence-electron chi connectivity index (χ3n) is 3.94. The summed E-state index contributed by atoms with van der Waals surface area (Å²) >= 11 is 0. The van der Waals surface area contributed by atoms with E-state index in [1.54, 1.807) is 12.1 Å². The summed E-state index contributed by atoms with van der Waals surface area (Å²) in [5, 5.41) is 19.8. The average molecular weight is 356 g/mol. The van der Waals surface area contributed by atoms with Gasteiger partial charge in [0.2, 0.25) is 5.91 Å². The molecule has 2 rings (SSSR count). The molecule has 1 amide bonds. The molecule has 0 saturated carbocycles. The molecule has 26 heavy (non-hydrogen) atoms. The zero-order valence-electron chi connectivity index (χ0n) is 14.2. The summed E-state index contributed by atoms with van der Waals surface area (Å²) in [6.45, 7) is -0.0509. The van der Waals surface area contributed by atoms with E-state index in [-0.39, 0.29) is 24.6 Å². The number of nitrogens with zero attached hydrogens (tertiary/aromatic N) is 2. The van der Waals surface area contributed by atoms with Gasteiger partial charge in [0.25, 0.3) is 5.69 Å². The molecule has 2 aromatic rings. The number of rotatable bonds is 9. The zero-order valence-corrected chi connectivity index (χ0v) is 14.2. The Kier molecular flexibility index (Phi) is 6.84. The molecule has 7 nitrogen and oxygen atoms in total. The molecule has 0 fully saturated rings. The first-order valence-corrected chi connectivity index (χ1v) is 8.22. The fraction of sp³-hybridized carbons (Fsp3) is 0.263. The Morgan fingerprint density at radius 2 is 1.69 bits per heavy atom. The first kappa shape index (κ1) is 19.1. The minimum Gasteiger partial charge on any atom is -0.480 e. The number of amides is 1. The van der Waals surface area contributed by atoms with Crippen LogP contribution in [0.15, 0.2) is 54.6 Å². The van der Waals surface area contributed by atoms with E-state index in [1.165, 1.54) is 17.0 Å². The highest BCUT2D eigenvalue weighted by atomic mass is 16.6. The van der Waals surface area contributed by atoms with Gasteiger partial charge in [0.1, 0.15) is 6.54 Å². The number of aliphatic carboxylic acids is 1. The lowest BCUT2D eigenvalue weighted by molar-refractivity contribution is -0.384. The molecule has 0 radical (unpaired) electrons. The molecule has 2 aromatic carbocycles. The van der Waals surface area contributed by atoms with Gasteiger partial charge in [-0.05, 0) is 24.0 Å². The summed E-state index contributed by atoms with van der Waals surface area (Å²) in [5.74, 6) is -1.35. The van der Waals surface area contributed by atoms with Gasteiger partial charge >= 0.3 is 5.97 Å². The highest BCUT2D eigenvalue weighted by Crippen LogP contribution is 2.15. The lowest BCUT2D eigenvalue weighted by Gasteiger charge is -2.21. The number of carbonyl (C=O) groups is 2. The summed E-state index contributed by atoms with van der Waals surface area (Å²) < 4.78 is 0. The van der Waals surface area contributed by atoms with E-state index in [4.69, 9.17) is 5.11 Å². The van der Waals surface area contributed by atoms with Gasteiger partial charge in [-0.15, -0.1) is 0 Å². The number of carbonyl (C=O) groups excluding carboxylic acids is 1. The van der Waals surface area contributed by atoms with Crippen LogP contribution >= 0.6 is 0 Å². The van der Waals surface area contributed by atoms with Crippen molar-refractivity contribution in [3.8, 4) is 0 Å². The van der Waals surface area contributed by atoms with Gasteiger partial charge in [-0.25, -0.2) is 0 Å². The molecule has 0 aliphatic carbocycles. The van der Waals surface area contributed by atoms with Crippen LogP contribution in [-0.2, 0) is 22.4 Å².